The maximum Gasteiger partial charge on any atom is 0.404 e. The number of hydrogen-bond acceptors (Lipinski definition) is 8. The van der Waals surface area contributed by atoms with E-state index in [4.69, 9.17) is 24.7 Å². The van der Waals surface area contributed by atoms with Gasteiger partial charge in [-0.15, -0.1) is 0 Å². The molecule has 2 amide bonds. The lowest BCUT2D eigenvalue weighted by Crippen LogP contribution is -2.36. The molecule has 1 aliphatic heterocycles. The number of carbonyl (C=O) groups excluding carboxylic acids is 2. The highest BCUT2D eigenvalue weighted by molar-refractivity contribution is 6.03. The van der Waals surface area contributed by atoms with Crippen LogP contribution in [-0.2, 0) is 25.4 Å². The van der Waals surface area contributed by atoms with Gasteiger partial charge >= 0.3 is 6.09 Å². The van der Waals surface area contributed by atoms with Gasteiger partial charge < -0.3 is 40.2 Å². The number of hydrogen-bond donors (Lipinski definition) is 4. The van der Waals surface area contributed by atoms with Crippen LogP contribution in [0.1, 0.15) is 58.9 Å². The Labute approximate surface area is 237 Å². The van der Waals surface area contributed by atoms with E-state index in [-0.39, 0.29) is 23.5 Å². The summed E-state index contributed by atoms with van der Waals surface area (Å²) in [5.41, 5.74) is 7.92. The quantitative estimate of drug-likeness (QED) is 0.393. The highest BCUT2D eigenvalue weighted by Crippen LogP contribution is 2.36. The molecule has 1 aromatic carbocycles. The van der Waals surface area contributed by atoms with Gasteiger partial charge in [-0.2, -0.15) is 0 Å². The molecule has 0 spiro atoms. The number of nitrogens with two attached hydrogens (primary N) is 1. The molecular formula is C30H46N2O8. The number of ether oxygens (including phenoxy) is 4. The van der Waals surface area contributed by atoms with Crippen LogP contribution in [0.3, 0.4) is 0 Å². The van der Waals surface area contributed by atoms with Gasteiger partial charge in [-0.1, -0.05) is 31.6 Å². The van der Waals surface area contributed by atoms with E-state index >= 15 is 0 Å². The third-order valence-corrected chi connectivity index (χ3v) is 7.35. The van der Waals surface area contributed by atoms with Crippen molar-refractivity contribution in [1.82, 2.24) is 0 Å². The van der Waals surface area contributed by atoms with Crippen LogP contribution in [0.4, 0.5) is 10.5 Å². The summed E-state index contributed by atoms with van der Waals surface area (Å²) < 4.78 is 22.2. The van der Waals surface area contributed by atoms with Crippen LogP contribution in [-0.4, -0.2) is 68.0 Å². The zero-order chi connectivity index (χ0) is 30.0. The number of allylic oxidation sites excluding steroid dienone is 1. The van der Waals surface area contributed by atoms with Crippen LogP contribution in [0.25, 0.3) is 0 Å². The zero-order valence-corrected chi connectivity index (χ0v) is 24.7. The molecule has 40 heavy (non-hydrogen) atoms. The number of amides is 2. The van der Waals surface area contributed by atoms with Crippen molar-refractivity contribution < 1.29 is 38.7 Å². The summed E-state index contributed by atoms with van der Waals surface area (Å²) >= 11 is 0. The van der Waals surface area contributed by atoms with Gasteiger partial charge in [0.05, 0.1) is 25.4 Å². The Balaban J connectivity index is 2.49. The molecule has 0 aliphatic carbocycles. The lowest BCUT2D eigenvalue weighted by atomic mass is 9.88. The molecule has 1 aliphatic rings. The Hall–Kier alpha value is -3.08. The van der Waals surface area contributed by atoms with Gasteiger partial charge in [-0.25, -0.2) is 4.79 Å². The van der Waals surface area contributed by atoms with Gasteiger partial charge in [0, 0.05) is 49.4 Å². The molecule has 0 unspecified atom stereocenters. The molecule has 2 bridgehead atoms. The molecule has 224 valence electrons. The number of phenolic OH excluding ortho intramolecular Hbond substituents is 1. The summed E-state index contributed by atoms with van der Waals surface area (Å²) in [4.78, 5) is 24.6. The minimum absolute atomic E-state index is 0.0409. The van der Waals surface area contributed by atoms with Crippen molar-refractivity contribution in [3.05, 3.63) is 41.0 Å². The number of aliphatic hydroxyl groups is 1. The third kappa shape index (κ3) is 9.53. The van der Waals surface area contributed by atoms with Crippen LogP contribution < -0.4 is 15.8 Å². The standard InChI is InChI=1S/C30H46N2O8/c1-17-11-20(4)27(34)26(38-6)14-18(2)12-21-15-22(16-23(33)28(21)39-7)32-29(35)19(3)9-8-10-24(37-5)25(13-17)40-30(31)36/h9,11,15-16,18,20,24-27,33-34H,8,10,12-14H2,1-7H3,(H2,31,36)(H,32,35)/b17-11+,19-9+/t18-,20-,24-,25-,26-,27+/m0/s1. The van der Waals surface area contributed by atoms with Crippen molar-refractivity contribution >= 4 is 17.7 Å². The second-order valence-corrected chi connectivity index (χ2v) is 10.7. The minimum atomic E-state index is -0.899. The number of methoxy groups -OCH3 is 3. The molecule has 10 heteroatoms. The third-order valence-electron chi connectivity index (χ3n) is 7.35. The Morgan fingerprint density at radius 1 is 1.05 bits per heavy atom. The second kappa shape index (κ2) is 15.6. The maximum absolute atomic E-state index is 12.9. The molecule has 1 aromatic rings. The van der Waals surface area contributed by atoms with Gasteiger partial charge in [0.1, 0.15) is 6.10 Å². The number of nitrogens with one attached hydrogen (secondary N) is 1. The number of phenols is 1. The first-order chi connectivity index (χ1) is 18.9. The predicted molar refractivity (Wildman–Crippen MR) is 153 cm³/mol. The molecular weight excluding hydrogens is 516 g/mol. The van der Waals surface area contributed by atoms with Crippen molar-refractivity contribution in [1.29, 1.82) is 0 Å². The normalized spacial score (nSPS) is 30.1. The van der Waals surface area contributed by atoms with Gasteiger partial charge in [0.2, 0.25) is 0 Å². The van der Waals surface area contributed by atoms with Crippen molar-refractivity contribution in [2.75, 3.05) is 26.6 Å². The summed E-state index contributed by atoms with van der Waals surface area (Å²) in [6.45, 7) is 7.55. The number of aliphatic hydroxyl groups excluding tert-OH is 1. The summed E-state index contributed by atoms with van der Waals surface area (Å²) in [5, 5.41) is 24.6. The van der Waals surface area contributed by atoms with E-state index < -0.39 is 30.5 Å². The molecule has 0 saturated heterocycles. The van der Waals surface area contributed by atoms with E-state index in [0.717, 1.165) is 11.1 Å². The summed E-state index contributed by atoms with van der Waals surface area (Å²) in [5.74, 6) is -0.252. The average molecular weight is 563 g/mol. The van der Waals surface area contributed by atoms with E-state index in [1.807, 2.05) is 26.8 Å². The number of fused-ring (bicyclic) bond motifs is 2. The number of primary amides is 1. The average Bonchev–Trinajstić information content (AvgIpc) is 2.87. The largest absolute Gasteiger partial charge is 0.504 e. The van der Waals surface area contributed by atoms with E-state index in [0.29, 0.717) is 49.1 Å². The smallest absolute Gasteiger partial charge is 0.404 e. The fourth-order valence-electron chi connectivity index (χ4n) is 5.27. The minimum Gasteiger partial charge on any atom is -0.504 e. The summed E-state index contributed by atoms with van der Waals surface area (Å²) in [6, 6.07) is 3.24. The Kier molecular flexibility index (Phi) is 13.0. The lowest BCUT2D eigenvalue weighted by molar-refractivity contribution is -0.112. The maximum atomic E-state index is 12.9. The van der Waals surface area contributed by atoms with Crippen LogP contribution in [0.15, 0.2) is 35.4 Å². The molecule has 2 rings (SSSR count). The highest BCUT2D eigenvalue weighted by Gasteiger charge is 2.28. The monoisotopic (exact) mass is 562 g/mol. The Bertz CT molecular complexity index is 1070. The fraction of sp³-hybridized carbons (Fsp3) is 0.600. The molecule has 1 heterocycles. The van der Waals surface area contributed by atoms with Crippen molar-refractivity contribution in [3.63, 3.8) is 0 Å². The van der Waals surface area contributed by atoms with Crippen LogP contribution >= 0.6 is 0 Å². The zero-order valence-electron chi connectivity index (χ0n) is 24.7. The van der Waals surface area contributed by atoms with Gasteiger partial charge in [0.25, 0.3) is 5.91 Å². The SMILES string of the molecule is COc1c(O)cc2cc1C[C@H](C)C[C@H](OC)[C@H](O)[C@@H](C)/C=C(\C)C[C@H](OC(N)=O)[C@@H](OC)CC/C=C(\C)C(=O)N2. The van der Waals surface area contributed by atoms with Gasteiger partial charge in [-0.05, 0) is 51.5 Å². The number of rotatable bonds is 4. The first kappa shape index (κ1) is 33.1. The summed E-state index contributed by atoms with van der Waals surface area (Å²) in [7, 11) is 4.59. The van der Waals surface area contributed by atoms with E-state index in [1.54, 1.807) is 26.2 Å². The molecule has 6 atom stereocenters. The molecule has 0 saturated carbocycles. The highest BCUT2D eigenvalue weighted by atomic mass is 16.6. The number of benzene rings is 1. The summed E-state index contributed by atoms with van der Waals surface area (Å²) in [6.07, 6.45) is 2.86. The molecule has 0 radical (unpaired) electrons. The number of aromatic hydroxyl groups is 1. The van der Waals surface area contributed by atoms with Crippen molar-refractivity contribution in [2.24, 2.45) is 17.6 Å². The van der Waals surface area contributed by atoms with Crippen LogP contribution in [0.2, 0.25) is 0 Å². The van der Waals surface area contributed by atoms with Gasteiger partial charge in [-0.3, -0.25) is 4.79 Å². The Morgan fingerprint density at radius 3 is 2.33 bits per heavy atom. The first-order valence-electron chi connectivity index (χ1n) is 13.6. The van der Waals surface area contributed by atoms with E-state index in [9.17, 15) is 19.8 Å². The topological polar surface area (TPSA) is 150 Å². The van der Waals surface area contributed by atoms with E-state index in [2.05, 4.69) is 5.32 Å². The molecule has 0 fully saturated rings. The lowest BCUT2D eigenvalue weighted by Gasteiger charge is -2.29. The molecule has 0 aromatic heterocycles. The van der Waals surface area contributed by atoms with Crippen molar-refractivity contribution in [3.8, 4) is 11.5 Å². The van der Waals surface area contributed by atoms with Crippen LogP contribution in [0, 0.1) is 11.8 Å². The first-order valence-corrected chi connectivity index (χ1v) is 13.6. The van der Waals surface area contributed by atoms with E-state index in [1.165, 1.54) is 20.3 Å². The Morgan fingerprint density at radius 2 is 1.73 bits per heavy atom. The van der Waals surface area contributed by atoms with Crippen LogP contribution in [0.5, 0.6) is 11.5 Å². The second-order valence-electron chi connectivity index (χ2n) is 10.7. The van der Waals surface area contributed by atoms with Gasteiger partial charge in [0.15, 0.2) is 11.5 Å². The number of anilines is 1. The molecule has 10 nitrogen and oxygen atoms in total. The predicted octanol–water partition coefficient (Wildman–Crippen LogP) is 4.48. The van der Waals surface area contributed by atoms with Crippen molar-refractivity contribution in [2.45, 2.75) is 84.2 Å². The molecule has 5 N–H and O–H groups in total. The number of carbonyl (C=O) groups is 2. The fourth-order valence-corrected chi connectivity index (χ4v) is 5.27.